The third-order valence-corrected chi connectivity index (χ3v) is 9.29. The smallest absolute Gasteiger partial charge is 0.135 e. The van der Waals surface area contributed by atoms with Gasteiger partial charge in [-0.15, -0.1) is 0 Å². The quantitative estimate of drug-likeness (QED) is 0.208. The van der Waals surface area contributed by atoms with Crippen LogP contribution in [0.15, 0.2) is 93.8 Å². The summed E-state index contributed by atoms with van der Waals surface area (Å²) in [4.78, 5) is 0. The number of allylic oxidation sites excluding steroid dienone is 1. The molecule has 4 aromatic carbocycles. The monoisotopic (exact) mass is 567 g/mol. The lowest BCUT2D eigenvalue weighted by Gasteiger charge is -2.20. The van der Waals surface area contributed by atoms with E-state index in [0.717, 1.165) is 86.2 Å². The molecule has 44 heavy (non-hydrogen) atoms. The number of fused-ring (bicyclic) bond motifs is 10. The van der Waals surface area contributed by atoms with Gasteiger partial charge in [-0.05, 0) is 60.4 Å². The van der Waals surface area contributed by atoms with Crippen molar-refractivity contribution in [2.75, 3.05) is 0 Å². The van der Waals surface area contributed by atoms with Crippen LogP contribution in [0.5, 0.6) is 0 Å². The maximum Gasteiger partial charge on any atom is 0.135 e. The van der Waals surface area contributed by atoms with E-state index < -0.39 is 0 Å². The highest BCUT2D eigenvalue weighted by Crippen LogP contribution is 2.47. The van der Waals surface area contributed by atoms with E-state index >= 15 is 0 Å². The van der Waals surface area contributed by atoms with Gasteiger partial charge in [0, 0.05) is 56.9 Å². The molecule has 5 heteroatoms. The fourth-order valence-corrected chi connectivity index (χ4v) is 7.36. The van der Waals surface area contributed by atoms with Crippen molar-refractivity contribution in [1.82, 2.24) is 4.57 Å². The van der Waals surface area contributed by atoms with Crippen LogP contribution in [0.1, 0.15) is 40.8 Å². The van der Waals surface area contributed by atoms with Crippen LogP contribution in [0.3, 0.4) is 0 Å². The Morgan fingerprint density at radius 3 is 2.30 bits per heavy atom. The van der Waals surface area contributed by atoms with E-state index in [-0.39, 0.29) is 0 Å². The molecule has 3 heterocycles. The highest BCUT2D eigenvalue weighted by molar-refractivity contribution is 6.08. The molecular weight excluding hydrogens is 542 g/mol. The predicted molar refractivity (Wildman–Crippen MR) is 172 cm³/mol. The number of furan rings is 2. The number of aryl methyl sites for hydroxylation is 2. The minimum Gasteiger partial charge on any atom is -0.460 e. The molecule has 0 radical (unpaired) electrons. The van der Waals surface area contributed by atoms with Gasteiger partial charge >= 0.3 is 0 Å². The van der Waals surface area contributed by atoms with Gasteiger partial charge in [-0.2, -0.15) is 10.5 Å². The number of nitriles is 2. The van der Waals surface area contributed by atoms with Crippen molar-refractivity contribution < 1.29 is 8.83 Å². The van der Waals surface area contributed by atoms with Crippen molar-refractivity contribution in [1.29, 1.82) is 10.5 Å². The molecule has 0 amide bonds. The zero-order chi connectivity index (χ0) is 29.5. The molecule has 3 aromatic heterocycles. The Morgan fingerprint density at radius 1 is 0.773 bits per heavy atom. The predicted octanol–water partition coefficient (Wildman–Crippen LogP) is 9.50. The first-order chi connectivity index (χ1) is 21.6. The molecular formula is C39H25N3O2. The summed E-state index contributed by atoms with van der Waals surface area (Å²) in [6.07, 6.45) is 6.91. The number of rotatable bonds is 2. The van der Waals surface area contributed by atoms with Crippen molar-refractivity contribution in [2.45, 2.75) is 26.2 Å². The highest BCUT2D eigenvalue weighted by atomic mass is 16.3. The summed E-state index contributed by atoms with van der Waals surface area (Å²) in [7, 11) is 0. The van der Waals surface area contributed by atoms with Crippen LogP contribution in [0.2, 0.25) is 0 Å². The summed E-state index contributed by atoms with van der Waals surface area (Å²) in [6, 6.07) is 31.2. The third-order valence-electron chi connectivity index (χ3n) is 9.29. The van der Waals surface area contributed by atoms with Crippen LogP contribution < -0.4 is 0 Å². The van der Waals surface area contributed by atoms with Gasteiger partial charge in [0.1, 0.15) is 28.8 Å². The van der Waals surface area contributed by atoms with Gasteiger partial charge in [-0.3, -0.25) is 0 Å². The molecule has 0 N–H and O–H groups in total. The van der Waals surface area contributed by atoms with E-state index in [1.807, 2.05) is 30.3 Å². The molecule has 0 bridgehead atoms. The summed E-state index contributed by atoms with van der Waals surface area (Å²) in [6.45, 7) is 2.24. The Hall–Kier alpha value is -5.78. The molecule has 7 aromatic rings. The van der Waals surface area contributed by atoms with Gasteiger partial charge in [0.25, 0.3) is 0 Å². The van der Waals surface area contributed by atoms with Gasteiger partial charge in [0.05, 0.1) is 28.4 Å². The zero-order valence-electron chi connectivity index (χ0n) is 24.0. The SMILES string of the molecule is CC1C=Cc2c(n(-c3c(C#N)cccc3-c3ccc4oc5c(c4c3)-c3c(oc4ccc(C#N)cc34)CC5)c3ccccc23)C1. The molecule has 208 valence electrons. The average Bonchev–Trinajstić information content (AvgIpc) is 3.72. The number of hydrogen-bond acceptors (Lipinski definition) is 4. The van der Waals surface area contributed by atoms with Crippen molar-refractivity contribution >= 4 is 38.9 Å². The second-order valence-electron chi connectivity index (χ2n) is 11.9. The van der Waals surface area contributed by atoms with Crippen molar-refractivity contribution in [3.63, 3.8) is 0 Å². The van der Waals surface area contributed by atoms with Crippen molar-refractivity contribution in [3.8, 4) is 40.1 Å². The lowest BCUT2D eigenvalue weighted by atomic mass is 9.90. The molecule has 1 unspecified atom stereocenters. The molecule has 5 nitrogen and oxygen atoms in total. The van der Waals surface area contributed by atoms with E-state index in [1.165, 1.54) is 16.6 Å². The molecule has 2 aliphatic rings. The first-order valence-corrected chi connectivity index (χ1v) is 15.0. The number of benzene rings is 4. The summed E-state index contributed by atoms with van der Waals surface area (Å²) < 4.78 is 15.0. The standard InChI is InChI=1S/C39H25N3O2/c1-22-9-12-28-27-6-2-3-8-31(27)42(32(28)17-22)39-25(21-41)5-4-7-26(39)24-11-14-34-30(19-24)38-36(44-34)16-15-35-37(38)29-18-23(20-40)10-13-33(29)43-35/h2-14,18-19,22H,15-17H2,1H3. The van der Waals surface area contributed by atoms with Crippen LogP contribution in [0.4, 0.5) is 0 Å². The largest absolute Gasteiger partial charge is 0.460 e. The lowest BCUT2D eigenvalue weighted by Crippen LogP contribution is -2.10. The molecule has 1 atom stereocenters. The maximum absolute atomic E-state index is 10.4. The summed E-state index contributed by atoms with van der Waals surface area (Å²) >= 11 is 0. The Morgan fingerprint density at radius 2 is 1.52 bits per heavy atom. The van der Waals surface area contributed by atoms with E-state index in [1.54, 1.807) is 6.07 Å². The summed E-state index contributed by atoms with van der Waals surface area (Å²) in [5.41, 5.74) is 11.4. The summed E-state index contributed by atoms with van der Waals surface area (Å²) in [5.74, 6) is 2.26. The first-order valence-electron chi connectivity index (χ1n) is 15.0. The van der Waals surface area contributed by atoms with Gasteiger partial charge in [0.15, 0.2) is 0 Å². The Kier molecular flexibility index (Phi) is 5.13. The van der Waals surface area contributed by atoms with Crippen LogP contribution in [0.25, 0.3) is 66.9 Å². The zero-order valence-corrected chi connectivity index (χ0v) is 24.0. The van der Waals surface area contributed by atoms with E-state index in [0.29, 0.717) is 17.0 Å². The topological polar surface area (TPSA) is 78.8 Å². The molecule has 0 spiro atoms. The molecule has 0 fully saturated rings. The Bertz CT molecular complexity index is 2470. The van der Waals surface area contributed by atoms with E-state index in [4.69, 9.17) is 8.83 Å². The molecule has 0 aliphatic heterocycles. The van der Waals surface area contributed by atoms with E-state index in [2.05, 4.69) is 78.2 Å². The third kappa shape index (κ3) is 3.38. The number of aromatic nitrogens is 1. The Balaban J connectivity index is 1.32. The molecule has 2 aliphatic carbocycles. The second kappa shape index (κ2) is 9.11. The lowest BCUT2D eigenvalue weighted by molar-refractivity contribution is 0.504. The minimum atomic E-state index is 0.401. The van der Waals surface area contributed by atoms with Gasteiger partial charge in [0.2, 0.25) is 0 Å². The number of hydrogen-bond donors (Lipinski definition) is 0. The highest BCUT2D eigenvalue weighted by Gasteiger charge is 2.29. The van der Waals surface area contributed by atoms with Crippen LogP contribution in [-0.2, 0) is 19.3 Å². The van der Waals surface area contributed by atoms with Crippen molar-refractivity contribution in [3.05, 3.63) is 119 Å². The van der Waals surface area contributed by atoms with Crippen LogP contribution in [-0.4, -0.2) is 4.57 Å². The normalized spacial score (nSPS) is 15.2. The number of para-hydroxylation sites is 2. The number of nitrogens with zero attached hydrogens (tertiary/aromatic N) is 3. The van der Waals surface area contributed by atoms with Gasteiger partial charge < -0.3 is 13.4 Å². The maximum atomic E-state index is 10.4. The van der Waals surface area contributed by atoms with E-state index in [9.17, 15) is 10.5 Å². The first kappa shape index (κ1) is 24.8. The summed E-state index contributed by atoms with van der Waals surface area (Å²) in [5, 5.41) is 23.2. The van der Waals surface area contributed by atoms with Crippen LogP contribution in [0, 0.1) is 28.6 Å². The van der Waals surface area contributed by atoms with Crippen molar-refractivity contribution in [2.24, 2.45) is 5.92 Å². The van der Waals surface area contributed by atoms with Gasteiger partial charge in [-0.25, -0.2) is 0 Å². The van der Waals surface area contributed by atoms with Crippen LogP contribution >= 0.6 is 0 Å². The fourth-order valence-electron chi connectivity index (χ4n) is 7.36. The molecule has 9 rings (SSSR count). The van der Waals surface area contributed by atoms with Gasteiger partial charge in [-0.1, -0.05) is 55.5 Å². The molecule has 0 saturated heterocycles. The molecule has 0 saturated carbocycles. The Labute approximate surface area is 253 Å². The average molecular weight is 568 g/mol. The minimum absolute atomic E-state index is 0.401. The fraction of sp³-hybridized carbons (Fsp3) is 0.128. The second-order valence-corrected chi connectivity index (χ2v) is 11.9.